The van der Waals surface area contributed by atoms with Crippen LogP contribution in [0.25, 0.3) is 0 Å². The first-order chi connectivity index (χ1) is 18.7. The molecular weight excluding hydrogens is 540 g/mol. The Bertz CT molecular complexity index is 1400. The summed E-state index contributed by atoms with van der Waals surface area (Å²) in [5.74, 6) is -0.555. The van der Waals surface area contributed by atoms with Gasteiger partial charge in [0, 0.05) is 24.0 Å². The van der Waals surface area contributed by atoms with Crippen LogP contribution in [0.3, 0.4) is 0 Å². The van der Waals surface area contributed by atoms with Gasteiger partial charge in [0.2, 0.25) is 5.91 Å². The highest BCUT2D eigenvalue weighted by atomic mass is 35.5. The van der Waals surface area contributed by atoms with E-state index in [1.54, 1.807) is 30.0 Å². The van der Waals surface area contributed by atoms with Crippen LogP contribution in [0, 0.1) is 12.8 Å². The third-order valence-corrected chi connectivity index (χ3v) is 8.40. The topological polar surface area (TPSA) is 102 Å². The summed E-state index contributed by atoms with van der Waals surface area (Å²) in [6.07, 6.45) is 0.225. The van der Waals surface area contributed by atoms with Gasteiger partial charge in [-0.2, -0.15) is 0 Å². The van der Waals surface area contributed by atoms with Crippen LogP contribution < -0.4 is 4.72 Å². The molecule has 3 aromatic carbocycles. The first-order valence-electron chi connectivity index (χ1n) is 12.6. The Morgan fingerprint density at radius 3 is 2.46 bits per heavy atom. The van der Waals surface area contributed by atoms with Crippen LogP contribution in [0.15, 0.2) is 77.7 Å². The molecule has 4 rings (SSSR count). The molecule has 206 valence electrons. The van der Waals surface area contributed by atoms with Gasteiger partial charge in [-0.25, -0.2) is 17.9 Å². The van der Waals surface area contributed by atoms with Crippen LogP contribution in [0.5, 0.6) is 0 Å². The number of nitrogens with one attached hydrogen (secondary N) is 1. The van der Waals surface area contributed by atoms with E-state index in [-0.39, 0.29) is 29.9 Å². The van der Waals surface area contributed by atoms with Crippen molar-refractivity contribution in [3.8, 4) is 0 Å². The van der Waals surface area contributed by atoms with E-state index < -0.39 is 15.9 Å². The predicted octanol–water partition coefficient (Wildman–Crippen LogP) is 4.52. The summed E-state index contributed by atoms with van der Waals surface area (Å²) in [5, 5.41) is 0.312. The number of hydrogen-bond acceptors (Lipinski definition) is 6. The number of ether oxygens (including phenoxy) is 2. The molecule has 1 N–H and O–H groups in total. The Labute approximate surface area is 233 Å². The largest absolute Gasteiger partial charge is 0.445 e. The minimum absolute atomic E-state index is 0.0256. The number of carbonyl (C=O) groups excluding carboxylic acids is 2. The van der Waals surface area contributed by atoms with E-state index in [0.29, 0.717) is 48.9 Å². The maximum atomic E-state index is 12.7. The van der Waals surface area contributed by atoms with Crippen LogP contribution >= 0.6 is 11.6 Å². The van der Waals surface area contributed by atoms with Crippen molar-refractivity contribution in [2.24, 2.45) is 5.92 Å². The van der Waals surface area contributed by atoms with Crippen molar-refractivity contribution in [3.05, 3.63) is 100 Å². The normalized spacial score (nSPS) is 15.8. The van der Waals surface area contributed by atoms with Crippen LogP contribution in [-0.2, 0) is 43.7 Å². The summed E-state index contributed by atoms with van der Waals surface area (Å²) in [7, 11) is -4.04. The van der Waals surface area contributed by atoms with E-state index in [9.17, 15) is 18.0 Å². The minimum Gasteiger partial charge on any atom is -0.445 e. The Morgan fingerprint density at radius 2 is 1.72 bits per heavy atom. The highest BCUT2D eigenvalue weighted by Gasteiger charge is 2.24. The molecular formula is C29H31ClN2O6S. The Morgan fingerprint density at radius 1 is 1.00 bits per heavy atom. The number of sulfonamides is 1. The summed E-state index contributed by atoms with van der Waals surface area (Å²) in [4.78, 5) is 26.8. The maximum absolute atomic E-state index is 12.7. The molecule has 1 saturated heterocycles. The van der Waals surface area contributed by atoms with E-state index in [1.165, 1.54) is 12.1 Å². The van der Waals surface area contributed by atoms with Crippen molar-refractivity contribution in [1.29, 1.82) is 0 Å². The lowest BCUT2D eigenvalue weighted by atomic mass is 9.98. The Hall–Kier alpha value is -3.40. The van der Waals surface area contributed by atoms with Crippen molar-refractivity contribution in [1.82, 2.24) is 9.62 Å². The van der Waals surface area contributed by atoms with E-state index in [2.05, 4.69) is 4.72 Å². The van der Waals surface area contributed by atoms with E-state index in [0.717, 1.165) is 11.1 Å². The zero-order valence-corrected chi connectivity index (χ0v) is 23.2. The van der Waals surface area contributed by atoms with Crippen molar-refractivity contribution < 1.29 is 27.5 Å². The first kappa shape index (κ1) is 28.6. The molecule has 0 radical (unpaired) electrons. The molecule has 8 nitrogen and oxygen atoms in total. The molecule has 39 heavy (non-hydrogen) atoms. The second kappa shape index (κ2) is 13.1. The quantitative estimate of drug-likeness (QED) is 0.427. The smallest absolute Gasteiger partial charge is 0.410 e. The molecule has 1 atom stereocenters. The Kier molecular flexibility index (Phi) is 9.61. The molecule has 0 saturated carbocycles. The third-order valence-electron chi connectivity index (χ3n) is 6.47. The lowest BCUT2D eigenvalue weighted by Gasteiger charge is -2.23. The van der Waals surface area contributed by atoms with Gasteiger partial charge in [-0.15, -0.1) is 0 Å². The molecule has 0 bridgehead atoms. The zero-order chi connectivity index (χ0) is 27.8. The second-order valence-corrected chi connectivity index (χ2v) is 11.6. The second-order valence-electron chi connectivity index (χ2n) is 9.52. The van der Waals surface area contributed by atoms with Gasteiger partial charge in [0.25, 0.3) is 10.0 Å². The molecule has 0 aliphatic carbocycles. The predicted molar refractivity (Wildman–Crippen MR) is 148 cm³/mol. The molecule has 1 aliphatic heterocycles. The SMILES string of the molecule is Cc1c(Cl)cccc1S(=O)(=O)NC(=O)Cc1ccc(CC2COCCN(C(=O)OCc3ccccc3)C2)cc1. The first-order valence-corrected chi connectivity index (χ1v) is 14.5. The minimum atomic E-state index is -4.04. The average Bonchev–Trinajstić information content (AvgIpc) is 3.16. The molecule has 3 aromatic rings. The fraction of sp³-hybridized carbons (Fsp3) is 0.310. The molecule has 1 aliphatic rings. The number of carbonyl (C=O) groups is 2. The van der Waals surface area contributed by atoms with Gasteiger partial charge in [0.1, 0.15) is 6.61 Å². The molecule has 0 spiro atoms. The highest BCUT2D eigenvalue weighted by molar-refractivity contribution is 7.90. The summed E-state index contributed by atoms with van der Waals surface area (Å²) in [6.45, 7) is 3.76. The van der Waals surface area contributed by atoms with Gasteiger partial charge in [-0.3, -0.25) is 4.79 Å². The van der Waals surface area contributed by atoms with E-state index >= 15 is 0 Å². The van der Waals surface area contributed by atoms with Gasteiger partial charge >= 0.3 is 6.09 Å². The number of amides is 2. The van der Waals surface area contributed by atoms with Crippen LogP contribution in [0.2, 0.25) is 5.02 Å². The van der Waals surface area contributed by atoms with Crippen molar-refractivity contribution >= 4 is 33.6 Å². The van der Waals surface area contributed by atoms with Crippen molar-refractivity contribution in [2.45, 2.75) is 31.3 Å². The number of halogens is 1. The van der Waals surface area contributed by atoms with Crippen molar-refractivity contribution in [3.63, 3.8) is 0 Å². The lowest BCUT2D eigenvalue weighted by Crippen LogP contribution is -2.36. The standard InChI is InChI=1S/C29H31ClN2O6S/c1-21-26(30)8-5-9-27(21)39(35,36)31-28(33)17-23-12-10-22(11-13-23)16-25-18-32(14-15-37-19-25)29(34)38-20-24-6-3-2-4-7-24/h2-13,25H,14-20H2,1H3,(H,31,33). The van der Waals surface area contributed by atoms with E-state index in [1.807, 2.05) is 42.5 Å². The van der Waals surface area contributed by atoms with Crippen LogP contribution in [0.1, 0.15) is 22.3 Å². The van der Waals surface area contributed by atoms with Gasteiger partial charge in [-0.05, 0) is 47.7 Å². The molecule has 1 heterocycles. The number of nitrogens with zero attached hydrogens (tertiary/aromatic N) is 1. The summed E-state index contributed by atoms with van der Waals surface area (Å²) >= 11 is 6.03. The third kappa shape index (κ3) is 8.05. The lowest BCUT2D eigenvalue weighted by molar-refractivity contribution is -0.118. The zero-order valence-electron chi connectivity index (χ0n) is 21.6. The van der Waals surface area contributed by atoms with Gasteiger partial charge in [-0.1, -0.05) is 72.3 Å². The summed E-state index contributed by atoms with van der Waals surface area (Å²) < 4.78 is 38.7. The van der Waals surface area contributed by atoms with Crippen LogP contribution in [0.4, 0.5) is 4.79 Å². The summed E-state index contributed by atoms with van der Waals surface area (Å²) in [6, 6.07) is 21.5. The van der Waals surface area contributed by atoms with Crippen LogP contribution in [-0.4, -0.2) is 51.6 Å². The molecule has 0 aromatic heterocycles. The fourth-order valence-corrected chi connectivity index (χ4v) is 5.90. The Balaban J connectivity index is 1.30. The summed E-state index contributed by atoms with van der Waals surface area (Å²) in [5.41, 5.74) is 3.01. The molecule has 10 heteroatoms. The average molecular weight is 571 g/mol. The monoisotopic (exact) mass is 570 g/mol. The van der Waals surface area contributed by atoms with Crippen molar-refractivity contribution in [2.75, 3.05) is 26.3 Å². The number of hydrogen-bond donors (Lipinski definition) is 1. The van der Waals surface area contributed by atoms with Gasteiger partial charge in [0.05, 0.1) is 24.5 Å². The maximum Gasteiger partial charge on any atom is 0.410 e. The fourth-order valence-electron chi connectivity index (χ4n) is 4.41. The number of rotatable bonds is 8. The molecule has 1 unspecified atom stereocenters. The van der Waals surface area contributed by atoms with Gasteiger partial charge in [0.15, 0.2) is 0 Å². The van der Waals surface area contributed by atoms with E-state index in [4.69, 9.17) is 21.1 Å². The van der Waals surface area contributed by atoms with Gasteiger partial charge < -0.3 is 14.4 Å². The number of benzene rings is 3. The molecule has 1 fully saturated rings. The highest BCUT2D eigenvalue weighted by Crippen LogP contribution is 2.23. The molecule has 2 amide bonds.